The van der Waals surface area contributed by atoms with Crippen molar-refractivity contribution in [2.24, 2.45) is 5.92 Å². The van der Waals surface area contributed by atoms with Gasteiger partial charge in [-0.3, -0.25) is 15.0 Å². The third-order valence-corrected chi connectivity index (χ3v) is 7.87. The van der Waals surface area contributed by atoms with Crippen LogP contribution >= 0.6 is 11.8 Å². The van der Waals surface area contributed by atoms with Crippen molar-refractivity contribution in [2.45, 2.75) is 43.1 Å². The van der Waals surface area contributed by atoms with Crippen molar-refractivity contribution in [3.05, 3.63) is 71.8 Å². The first-order chi connectivity index (χ1) is 14.0. The number of hydrogen-bond donors (Lipinski definition) is 2. The molecule has 2 amide bonds. The molecule has 29 heavy (non-hydrogen) atoms. The maximum absolute atomic E-state index is 13.5. The van der Waals surface area contributed by atoms with Gasteiger partial charge in [-0.2, -0.15) is 0 Å². The highest BCUT2D eigenvalue weighted by Gasteiger charge is 2.53. The number of nitrogens with zero attached hydrogens (tertiary/aromatic N) is 1. The highest BCUT2D eigenvalue weighted by atomic mass is 32.2. The molecule has 1 saturated heterocycles. The average molecular weight is 411 g/mol. The van der Waals surface area contributed by atoms with Crippen LogP contribution in [0.1, 0.15) is 43.7 Å². The van der Waals surface area contributed by atoms with Gasteiger partial charge in [-0.25, -0.2) is 5.01 Å². The smallest absolute Gasteiger partial charge is 0.279 e. The van der Waals surface area contributed by atoms with Crippen LogP contribution in [-0.4, -0.2) is 32.6 Å². The quantitative estimate of drug-likeness (QED) is 0.810. The third kappa shape index (κ3) is 3.34. The van der Waals surface area contributed by atoms with Gasteiger partial charge in [0.25, 0.3) is 11.8 Å². The molecule has 152 valence electrons. The molecule has 2 N–H and O–H groups in total. The van der Waals surface area contributed by atoms with Crippen molar-refractivity contribution in [1.29, 1.82) is 0 Å². The van der Waals surface area contributed by atoms with Crippen LogP contribution in [0.15, 0.2) is 60.7 Å². The number of benzene rings is 2. The van der Waals surface area contributed by atoms with Crippen LogP contribution in [0.4, 0.5) is 0 Å². The molecule has 0 aromatic heterocycles. The Bertz CT molecular complexity index is 850. The fourth-order valence-corrected chi connectivity index (χ4v) is 5.97. The van der Waals surface area contributed by atoms with Gasteiger partial charge < -0.3 is 5.11 Å². The molecule has 2 fully saturated rings. The third-order valence-electron chi connectivity index (χ3n) is 6.19. The second kappa shape index (κ2) is 7.84. The van der Waals surface area contributed by atoms with Crippen molar-refractivity contribution in [2.75, 3.05) is 5.75 Å². The Labute approximate surface area is 175 Å². The molecule has 5 nitrogen and oxygen atoms in total. The lowest BCUT2D eigenvalue weighted by atomic mass is 9.84. The molecule has 1 aliphatic carbocycles. The minimum atomic E-state index is -1.89. The largest absolute Gasteiger partial charge is 0.372 e. The van der Waals surface area contributed by atoms with Gasteiger partial charge in [0.2, 0.25) is 0 Å². The van der Waals surface area contributed by atoms with E-state index < -0.39 is 16.4 Å². The Balaban J connectivity index is 1.71. The topological polar surface area (TPSA) is 69.6 Å². The Morgan fingerprint density at radius 3 is 2.24 bits per heavy atom. The molecule has 1 aliphatic heterocycles. The Hall–Kier alpha value is -2.31. The Morgan fingerprint density at radius 1 is 1.10 bits per heavy atom. The number of nitrogens with one attached hydrogen (secondary N) is 1. The number of rotatable bonds is 4. The molecule has 0 radical (unpaired) electrons. The van der Waals surface area contributed by atoms with E-state index in [1.807, 2.05) is 12.1 Å². The Kier molecular flexibility index (Phi) is 5.40. The van der Waals surface area contributed by atoms with Gasteiger partial charge in [-0.15, -0.1) is 11.8 Å². The molecule has 2 unspecified atom stereocenters. The van der Waals surface area contributed by atoms with Crippen LogP contribution in [0, 0.1) is 5.92 Å². The number of hydrazine groups is 1. The van der Waals surface area contributed by atoms with E-state index in [1.165, 1.54) is 5.01 Å². The minimum absolute atomic E-state index is 0.111. The van der Waals surface area contributed by atoms with Crippen LogP contribution in [-0.2, 0) is 15.2 Å². The molecule has 2 atom stereocenters. The highest BCUT2D eigenvalue weighted by Crippen LogP contribution is 2.49. The first-order valence-corrected chi connectivity index (χ1v) is 11.1. The summed E-state index contributed by atoms with van der Waals surface area (Å²) in [6.07, 6.45) is 4.03. The fraction of sp³-hybridized carbons (Fsp3) is 0.391. The summed E-state index contributed by atoms with van der Waals surface area (Å²) in [6.45, 7) is 2.14. The van der Waals surface area contributed by atoms with Crippen LogP contribution in [0.3, 0.4) is 0 Å². The molecular formula is C23H26N2O3S. The van der Waals surface area contributed by atoms with Crippen LogP contribution in [0.2, 0.25) is 0 Å². The Morgan fingerprint density at radius 2 is 1.69 bits per heavy atom. The van der Waals surface area contributed by atoms with Gasteiger partial charge in [-0.05, 0) is 29.9 Å². The van der Waals surface area contributed by atoms with Gasteiger partial charge in [0, 0.05) is 0 Å². The summed E-state index contributed by atoms with van der Waals surface area (Å²) in [5.74, 6) is -0.0993. The van der Waals surface area contributed by atoms with Crippen molar-refractivity contribution in [3.8, 4) is 0 Å². The standard InChI is InChI=1S/C23H26N2O3S/c1-17-10-8-9-15-22(17)25(20(26)16-29-22)24-21(27)23(28,18-11-4-2-5-12-18)19-13-6-3-7-14-19/h2-7,11-14,17,28H,8-10,15-16H2,1H3,(H,24,27). The van der Waals surface area contributed by atoms with Crippen LogP contribution in [0.25, 0.3) is 0 Å². The van der Waals surface area contributed by atoms with E-state index in [1.54, 1.807) is 60.3 Å². The molecule has 0 bridgehead atoms. The first kappa shape index (κ1) is 20.0. The summed E-state index contributed by atoms with van der Waals surface area (Å²) in [6, 6.07) is 17.8. The molecule has 2 aliphatic rings. The van der Waals surface area contributed by atoms with Gasteiger partial charge in [0.05, 0.1) is 5.75 Å². The predicted molar refractivity (Wildman–Crippen MR) is 114 cm³/mol. The zero-order chi connectivity index (χ0) is 20.5. The minimum Gasteiger partial charge on any atom is -0.372 e. The molecule has 2 aromatic carbocycles. The van der Waals surface area contributed by atoms with Crippen LogP contribution in [0.5, 0.6) is 0 Å². The van der Waals surface area contributed by atoms with Crippen molar-refractivity contribution in [1.82, 2.24) is 10.4 Å². The molecule has 1 saturated carbocycles. The van der Waals surface area contributed by atoms with E-state index in [0.717, 1.165) is 25.7 Å². The second-order valence-corrected chi connectivity index (χ2v) is 9.18. The lowest BCUT2D eigenvalue weighted by Gasteiger charge is -2.45. The summed E-state index contributed by atoms with van der Waals surface area (Å²) in [5.41, 5.74) is 1.87. The number of carbonyl (C=O) groups excluding carboxylic acids is 2. The number of thioether (sulfide) groups is 1. The summed E-state index contributed by atoms with van der Waals surface area (Å²) < 4.78 is 0. The number of aliphatic hydroxyl groups is 1. The van der Waals surface area contributed by atoms with E-state index in [0.29, 0.717) is 16.9 Å². The van der Waals surface area contributed by atoms with E-state index in [9.17, 15) is 14.7 Å². The van der Waals surface area contributed by atoms with E-state index in [-0.39, 0.29) is 11.8 Å². The molecule has 4 rings (SSSR count). The van der Waals surface area contributed by atoms with Gasteiger partial charge in [-0.1, -0.05) is 80.4 Å². The molecule has 6 heteroatoms. The maximum atomic E-state index is 13.5. The van der Waals surface area contributed by atoms with E-state index in [4.69, 9.17) is 0 Å². The van der Waals surface area contributed by atoms with Gasteiger partial charge in [0.15, 0.2) is 5.60 Å². The lowest BCUT2D eigenvalue weighted by molar-refractivity contribution is -0.153. The monoisotopic (exact) mass is 410 g/mol. The van der Waals surface area contributed by atoms with Gasteiger partial charge in [0.1, 0.15) is 4.87 Å². The maximum Gasteiger partial charge on any atom is 0.279 e. The van der Waals surface area contributed by atoms with Crippen molar-refractivity contribution in [3.63, 3.8) is 0 Å². The van der Waals surface area contributed by atoms with Crippen LogP contribution < -0.4 is 5.43 Å². The number of hydrogen-bond acceptors (Lipinski definition) is 4. The fourth-order valence-electron chi connectivity index (χ4n) is 4.50. The highest BCUT2D eigenvalue weighted by molar-refractivity contribution is 8.01. The SMILES string of the molecule is CC1CCCCC12SCC(=O)N2NC(=O)C(O)(c1ccccc1)c1ccccc1. The lowest BCUT2D eigenvalue weighted by Crippen LogP contribution is -2.61. The van der Waals surface area contributed by atoms with E-state index >= 15 is 0 Å². The zero-order valence-electron chi connectivity index (χ0n) is 16.5. The van der Waals surface area contributed by atoms with E-state index in [2.05, 4.69) is 12.3 Å². The van der Waals surface area contributed by atoms with Crippen molar-refractivity contribution >= 4 is 23.6 Å². The number of carbonyl (C=O) groups is 2. The summed E-state index contributed by atoms with van der Waals surface area (Å²) in [4.78, 5) is 25.8. The summed E-state index contributed by atoms with van der Waals surface area (Å²) in [5, 5.41) is 13.2. The molecular weight excluding hydrogens is 384 g/mol. The summed E-state index contributed by atoms with van der Waals surface area (Å²) >= 11 is 1.61. The second-order valence-electron chi connectivity index (χ2n) is 7.89. The van der Waals surface area contributed by atoms with Crippen molar-refractivity contribution < 1.29 is 14.7 Å². The zero-order valence-corrected chi connectivity index (χ0v) is 17.3. The average Bonchev–Trinajstić information content (AvgIpc) is 3.07. The molecule has 1 heterocycles. The van der Waals surface area contributed by atoms with Gasteiger partial charge >= 0.3 is 0 Å². The first-order valence-electron chi connectivity index (χ1n) is 10.1. The summed E-state index contributed by atoms with van der Waals surface area (Å²) in [7, 11) is 0. The molecule has 1 spiro atoms. The molecule has 2 aromatic rings. The predicted octanol–water partition coefficient (Wildman–Crippen LogP) is 3.44. The number of amides is 2. The normalized spacial score (nSPS) is 24.7.